The van der Waals surface area contributed by atoms with Crippen LogP contribution in [-0.4, -0.2) is 27.2 Å². The Morgan fingerprint density at radius 3 is 3.00 bits per heavy atom. The first-order valence-electron chi connectivity index (χ1n) is 6.00. The number of nitrogens with zero attached hydrogens (tertiary/aromatic N) is 2. The zero-order valence-corrected chi connectivity index (χ0v) is 11.7. The van der Waals surface area contributed by atoms with E-state index in [0.29, 0.717) is 17.0 Å². The van der Waals surface area contributed by atoms with Gasteiger partial charge in [0, 0.05) is 29.1 Å². The van der Waals surface area contributed by atoms with E-state index in [1.54, 1.807) is 18.2 Å². The van der Waals surface area contributed by atoms with Gasteiger partial charge in [-0.05, 0) is 30.7 Å². The van der Waals surface area contributed by atoms with Crippen molar-refractivity contribution in [3.05, 3.63) is 41.1 Å². The molecule has 0 bridgehead atoms. The minimum Gasteiger partial charge on any atom is -0.395 e. The van der Waals surface area contributed by atoms with Crippen LogP contribution >= 0.6 is 11.5 Å². The number of aliphatic hydroxyl groups excluding tert-OH is 1. The van der Waals surface area contributed by atoms with Crippen molar-refractivity contribution in [1.82, 2.24) is 9.59 Å². The van der Waals surface area contributed by atoms with Crippen LogP contribution in [0.25, 0.3) is 0 Å². The van der Waals surface area contributed by atoms with E-state index in [1.165, 1.54) is 6.20 Å². The molecule has 0 aliphatic heterocycles. The molecule has 0 saturated carbocycles. The Balaban J connectivity index is 2.12. The third-order valence-electron chi connectivity index (χ3n) is 2.55. The van der Waals surface area contributed by atoms with Crippen molar-refractivity contribution in [2.45, 2.75) is 13.3 Å². The van der Waals surface area contributed by atoms with E-state index < -0.39 is 0 Å². The summed E-state index contributed by atoms with van der Waals surface area (Å²) in [5.74, 6) is 5.63. The first kappa shape index (κ1) is 14.2. The second-order valence-electron chi connectivity index (χ2n) is 4.04. The Bertz CT molecular complexity index is 657. The molecule has 0 atom stereocenters. The Morgan fingerprint density at radius 1 is 1.50 bits per heavy atom. The number of amides is 1. The lowest BCUT2D eigenvalue weighted by molar-refractivity contribution is 0.102. The van der Waals surface area contributed by atoms with Crippen LogP contribution in [0.3, 0.4) is 0 Å². The van der Waals surface area contributed by atoms with Gasteiger partial charge in [0.2, 0.25) is 0 Å². The second kappa shape index (κ2) is 6.80. The summed E-state index contributed by atoms with van der Waals surface area (Å²) in [5, 5.41) is 15.7. The van der Waals surface area contributed by atoms with E-state index in [9.17, 15) is 4.79 Å². The van der Waals surface area contributed by atoms with Crippen LogP contribution < -0.4 is 5.32 Å². The fraction of sp³-hybridized carbons (Fsp3) is 0.214. The van der Waals surface area contributed by atoms with Gasteiger partial charge in [0.15, 0.2) is 0 Å². The topological polar surface area (TPSA) is 75.1 Å². The molecular formula is C14H13N3O2S. The fourth-order valence-corrected chi connectivity index (χ4v) is 1.98. The van der Waals surface area contributed by atoms with Gasteiger partial charge in [0.25, 0.3) is 5.91 Å². The zero-order chi connectivity index (χ0) is 14.4. The molecule has 2 N–H and O–H groups in total. The van der Waals surface area contributed by atoms with Crippen LogP contribution in [0.4, 0.5) is 5.00 Å². The molecule has 1 heterocycles. The standard InChI is InChI=1S/C14H13N3O2S/c1-10-8-12(6-5-11(10)4-2-3-7-18)14(19)16-13-9-15-17-20-13/h5-6,8-9,18H,3,7H2,1H3,(H,16,19). The van der Waals surface area contributed by atoms with Gasteiger partial charge in [0.1, 0.15) is 5.00 Å². The van der Waals surface area contributed by atoms with Crippen molar-refractivity contribution in [3.63, 3.8) is 0 Å². The van der Waals surface area contributed by atoms with Crippen molar-refractivity contribution in [2.24, 2.45) is 0 Å². The summed E-state index contributed by atoms with van der Waals surface area (Å²) in [6.07, 6.45) is 1.95. The highest BCUT2D eigenvalue weighted by Gasteiger charge is 2.08. The number of aromatic nitrogens is 2. The number of hydrogen-bond acceptors (Lipinski definition) is 5. The predicted molar refractivity (Wildman–Crippen MR) is 77.6 cm³/mol. The molecule has 20 heavy (non-hydrogen) atoms. The number of aliphatic hydroxyl groups is 1. The van der Waals surface area contributed by atoms with E-state index in [4.69, 9.17) is 5.11 Å². The van der Waals surface area contributed by atoms with Crippen LogP contribution in [-0.2, 0) is 0 Å². The molecule has 5 nitrogen and oxygen atoms in total. The minimum absolute atomic E-state index is 0.0510. The minimum atomic E-state index is -0.200. The molecular weight excluding hydrogens is 274 g/mol. The average Bonchev–Trinajstić information content (AvgIpc) is 2.93. The molecule has 2 rings (SSSR count). The maximum absolute atomic E-state index is 12.0. The summed E-state index contributed by atoms with van der Waals surface area (Å²) < 4.78 is 3.68. The Labute approximate surface area is 120 Å². The molecule has 1 amide bonds. The highest BCUT2D eigenvalue weighted by Crippen LogP contribution is 2.14. The summed E-state index contributed by atoms with van der Waals surface area (Å²) in [7, 11) is 0. The van der Waals surface area contributed by atoms with Crippen molar-refractivity contribution < 1.29 is 9.90 Å². The number of carbonyl (C=O) groups is 1. The van der Waals surface area contributed by atoms with Crippen LogP contribution in [0.2, 0.25) is 0 Å². The van der Waals surface area contributed by atoms with Crippen molar-refractivity contribution >= 4 is 22.4 Å². The summed E-state index contributed by atoms with van der Waals surface area (Å²) in [5.41, 5.74) is 2.34. The Kier molecular flexibility index (Phi) is 4.82. The van der Waals surface area contributed by atoms with Crippen molar-refractivity contribution in [2.75, 3.05) is 11.9 Å². The van der Waals surface area contributed by atoms with Gasteiger partial charge in [-0.3, -0.25) is 4.79 Å². The van der Waals surface area contributed by atoms with E-state index in [-0.39, 0.29) is 12.5 Å². The van der Waals surface area contributed by atoms with E-state index in [0.717, 1.165) is 22.7 Å². The van der Waals surface area contributed by atoms with Gasteiger partial charge in [-0.1, -0.05) is 16.3 Å². The highest BCUT2D eigenvalue weighted by atomic mass is 32.1. The first-order valence-corrected chi connectivity index (χ1v) is 6.77. The largest absolute Gasteiger partial charge is 0.395 e. The SMILES string of the molecule is Cc1cc(C(=O)Nc2cnns2)ccc1C#CCCO. The number of carbonyl (C=O) groups excluding carboxylic acids is 1. The predicted octanol–water partition coefficient (Wildman–Crippen LogP) is 1.83. The Hall–Kier alpha value is -2.23. The number of anilines is 1. The van der Waals surface area contributed by atoms with Crippen molar-refractivity contribution in [3.8, 4) is 11.8 Å². The molecule has 6 heteroatoms. The quantitative estimate of drug-likeness (QED) is 0.845. The molecule has 0 radical (unpaired) electrons. The normalized spacial score (nSPS) is 9.70. The molecule has 0 fully saturated rings. The third-order valence-corrected chi connectivity index (χ3v) is 3.13. The highest BCUT2D eigenvalue weighted by molar-refractivity contribution is 7.10. The second-order valence-corrected chi connectivity index (χ2v) is 4.83. The Morgan fingerprint density at radius 2 is 2.35 bits per heavy atom. The smallest absolute Gasteiger partial charge is 0.256 e. The number of benzene rings is 1. The molecule has 0 unspecified atom stereocenters. The van der Waals surface area contributed by atoms with Crippen LogP contribution in [0.5, 0.6) is 0 Å². The molecule has 0 aliphatic rings. The zero-order valence-electron chi connectivity index (χ0n) is 10.9. The van der Waals surface area contributed by atoms with Gasteiger partial charge in [0.05, 0.1) is 12.8 Å². The molecule has 2 aromatic rings. The summed E-state index contributed by atoms with van der Waals surface area (Å²) in [4.78, 5) is 12.0. The molecule has 0 saturated heterocycles. The first-order chi connectivity index (χ1) is 9.70. The van der Waals surface area contributed by atoms with Gasteiger partial charge < -0.3 is 10.4 Å². The number of hydrogen-bond donors (Lipinski definition) is 2. The van der Waals surface area contributed by atoms with Crippen LogP contribution in [0.15, 0.2) is 24.4 Å². The number of nitrogens with one attached hydrogen (secondary N) is 1. The van der Waals surface area contributed by atoms with Crippen LogP contribution in [0.1, 0.15) is 27.9 Å². The third kappa shape index (κ3) is 3.63. The maximum Gasteiger partial charge on any atom is 0.256 e. The molecule has 0 aliphatic carbocycles. The summed E-state index contributed by atoms with van der Waals surface area (Å²) in [6, 6.07) is 5.31. The van der Waals surface area contributed by atoms with Gasteiger partial charge >= 0.3 is 0 Å². The molecule has 0 spiro atoms. The van der Waals surface area contributed by atoms with Crippen LogP contribution in [0, 0.1) is 18.8 Å². The van der Waals surface area contributed by atoms with Gasteiger partial charge in [-0.25, -0.2) is 0 Å². The molecule has 102 valence electrons. The summed E-state index contributed by atoms with van der Waals surface area (Å²) in [6.45, 7) is 1.95. The number of aryl methyl sites for hydroxylation is 1. The van der Waals surface area contributed by atoms with Gasteiger partial charge in [-0.15, -0.1) is 5.10 Å². The van der Waals surface area contributed by atoms with E-state index in [2.05, 4.69) is 26.7 Å². The van der Waals surface area contributed by atoms with Gasteiger partial charge in [-0.2, -0.15) is 0 Å². The maximum atomic E-state index is 12.0. The monoisotopic (exact) mass is 287 g/mol. The molecule has 1 aromatic carbocycles. The lowest BCUT2D eigenvalue weighted by atomic mass is 10.0. The lowest BCUT2D eigenvalue weighted by Gasteiger charge is -2.04. The lowest BCUT2D eigenvalue weighted by Crippen LogP contribution is -2.11. The summed E-state index contributed by atoms with van der Waals surface area (Å²) >= 11 is 1.13. The van der Waals surface area contributed by atoms with Crippen molar-refractivity contribution in [1.29, 1.82) is 0 Å². The van der Waals surface area contributed by atoms with E-state index in [1.807, 2.05) is 6.92 Å². The molecule has 1 aromatic heterocycles. The fourth-order valence-electron chi connectivity index (χ4n) is 1.57. The number of rotatable bonds is 3. The average molecular weight is 287 g/mol. The van der Waals surface area contributed by atoms with E-state index >= 15 is 0 Å².